The number of aliphatic hydroxyl groups is 3. The number of methoxy groups -OCH3 is 1. The van der Waals surface area contributed by atoms with Crippen LogP contribution in [-0.4, -0.2) is 65.9 Å². The molecule has 1 aliphatic heterocycles. The fraction of sp³-hybridized carbons (Fsp3) is 0.909. The van der Waals surface area contributed by atoms with E-state index in [1.54, 1.807) is 0 Å². The predicted molar refractivity (Wildman–Crippen MR) is 62.0 cm³/mol. The van der Waals surface area contributed by atoms with E-state index in [0.29, 0.717) is 6.54 Å². The Labute approximate surface area is 101 Å². The molecule has 1 fully saturated rings. The Bertz CT molecular complexity index is 246. The molecule has 5 atom stereocenters. The Kier molecular flexibility index (Phi) is 6.01. The van der Waals surface area contributed by atoms with Crippen LogP contribution in [0, 0.1) is 0 Å². The van der Waals surface area contributed by atoms with Gasteiger partial charge in [-0.1, -0.05) is 13.3 Å². The molecule has 6 heteroatoms. The van der Waals surface area contributed by atoms with Crippen molar-refractivity contribution in [3.63, 3.8) is 0 Å². The van der Waals surface area contributed by atoms with Gasteiger partial charge < -0.3 is 24.8 Å². The summed E-state index contributed by atoms with van der Waals surface area (Å²) in [6, 6.07) is 0. The van der Waals surface area contributed by atoms with Gasteiger partial charge in [-0.05, 0) is 6.42 Å². The molecule has 1 saturated heterocycles. The lowest BCUT2D eigenvalue weighted by Crippen LogP contribution is -2.58. The first kappa shape index (κ1) is 14.5. The van der Waals surface area contributed by atoms with Crippen LogP contribution in [0.2, 0.25) is 0 Å². The summed E-state index contributed by atoms with van der Waals surface area (Å²) in [5, 5.41) is 28.8. The van der Waals surface area contributed by atoms with Crippen LogP contribution in [-0.2, 0) is 9.47 Å². The van der Waals surface area contributed by atoms with Gasteiger partial charge in [0.1, 0.15) is 24.4 Å². The summed E-state index contributed by atoms with van der Waals surface area (Å²) in [7, 11) is 1.36. The number of rotatable bonds is 5. The van der Waals surface area contributed by atoms with Crippen molar-refractivity contribution in [1.29, 1.82) is 0 Å². The fourth-order valence-corrected chi connectivity index (χ4v) is 1.62. The van der Waals surface area contributed by atoms with Gasteiger partial charge in [0.25, 0.3) is 0 Å². The van der Waals surface area contributed by atoms with Crippen molar-refractivity contribution < 1.29 is 24.8 Å². The summed E-state index contributed by atoms with van der Waals surface area (Å²) in [6.07, 6.45) is -1.99. The maximum Gasteiger partial charge on any atom is 0.186 e. The molecule has 0 bridgehead atoms. The number of hydrogen-bond acceptors (Lipinski definition) is 6. The SMILES string of the molecule is CCCCN=C[C@H]1O[C@@H](OC)[C@H](O)[C@@H](O)[C@H]1O. The number of unbranched alkanes of at least 4 members (excludes halogenated alkanes) is 1. The Hall–Kier alpha value is -0.530. The smallest absolute Gasteiger partial charge is 0.186 e. The number of ether oxygens (including phenoxy) is 2. The number of hydrogen-bond donors (Lipinski definition) is 3. The molecule has 0 unspecified atom stereocenters. The molecule has 1 rings (SSSR count). The van der Waals surface area contributed by atoms with Crippen LogP contribution < -0.4 is 0 Å². The minimum atomic E-state index is -1.30. The van der Waals surface area contributed by atoms with Crippen molar-refractivity contribution in [3.8, 4) is 0 Å². The molecule has 0 aliphatic carbocycles. The Morgan fingerprint density at radius 1 is 1.24 bits per heavy atom. The van der Waals surface area contributed by atoms with Gasteiger partial charge in [0, 0.05) is 19.9 Å². The zero-order valence-electron chi connectivity index (χ0n) is 10.2. The molecule has 1 heterocycles. The second kappa shape index (κ2) is 7.03. The first-order valence-corrected chi connectivity index (χ1v) is 5.84. The van der Waals surface area contributed by atoms with E-state index in [2.05, 4.69) is 11.9 Å². The standard InChI is InChI=1S/C11H21NO5/c1-3-4-5-12-6-7-8(13)9(14)10(15)11(16-2)17-7/h6-11,13-15H,3-5H2,1-2H3/t7-,8+,9+,10-,11-/m1/s1. The number of aliphatic hydroxyl groups excluding tert-OH is 3. The first-order valence-electron chi connectivity index (χ1n) is 5.84. The summed E-state index contributed by atoms with van der Waals surface area (Å²) in [6.45, 7) is 2.71. The number of nitrogens with zero attached hydrogens (tertiary/aromatic N) is 1. The molecule has 0 saturated carbocycles. The van der Waals surface area contributed by atoms with E-state index < -0.39 is 30.7 Å². The molecular weight excluding hydrogens is 226 g/mol. The maximum atomic E-state index is 9.70. The molecule has 0 spiro atoms. The molecule has 1 aliphatic rings. The van der Waals surface area contributed by atoms with Crippen LogP contribution in [0.3, 0.4) is 0 Å². The summed E-state index contributed by atoms with van der Waals surface area (Å²) in [5.41, 5.74) is 0. The van der Waals surface area contributed by atoms with Gasteiger partial charge >= 0.3 is 0 Å². The molecule has 6 nitrogen and oxygen atoms in total. The second-order valence-corrected chi connectivity index (χ2v) is 4.09. The third-order valence-electron chi connectivity index (χ3n) is 2.73. The van der Waals surface area contributed by atoms with E-state index in [-0.39, 0.29) is 0 Å². The zero-order chi connectivity index (χ0) is 12.8. The van der Waals surface area contributed by atoms with Crippen molar-refractivity contribution in [1.82, 2.24) is 0 Å². The molecular formula is C11H21NO5. The van der Waals surface area contributed by atoms with Gasteiger partial charge in [-0.25, -0.2) is 0 Å². The quantitative estimate of drug-likeness (QED) is 0.442. The van der Waals surface area contributed by atoms with E-state index in [4.69, 9.17) is 9.47 Å². The van der Waals surface area contributed by atoms with Crippen LogP contribution >= 0.6 is 0 Å². The van der Waals surface area contributed by atoms with Crippen molar-refractivity contribution >= 4 is 6.21 Å². The van der Waals surface area contributed by atoms with Gasteiger partial charge in [0.05, 0.1) is 0 Å². The van der Waals surface area contributed by atoms with E-state index in [9.17, 15) is 15.3 Å². The van der Waals surface area contributed by atoms with Crippen molar-refractivity contribution in [2.24, 2.45) is 4.99 Å². The minimum absolute atomic E-state index is 0.652. The van der Waals surface area contributed by atoms with Gasteiger partial charge in [-0.15, -0.1) is 0 Å². The van der Waals surface area contributed by atoms with E-state index in [1.807, 2.05) is 0 Å². The molecule has 0 aromatic heterocycles. The highest BCUT2D eigenvalue weighted by Gasteiger charge is 2.43. The van der Waals surface area contributed by atoms with E-state index in [1.165, 1.54) is 13.3 Å². The lowest BCUT2D eigenvalue weighted by atomic mass is 9.99. The maximum absolute atomic E-state index is 9.70. The van der Waals surface area contributed by atoms with Gasteiger partial charge in [-0.3, -0.25) is 4.99 Å². The molecule has 0 radical (unpaired) electrons. The number of aliphatic imine (C=N–C) groups is 1. The first-order chi connectivity index (χ1) is 8.11. The Morgan fingerprint density at radius 2 is 1.94 bits per heavy atom. The normalized spacial score (nSPS) is 38.8. The largest absolute Gasteiger partial charge is 0.387 e. The molecule has 17 heavy (non-hydrogen) atoms. The van der Waals surface area contributed by atoms with Gasteiger partial charge in [-0.2, -0.15) is 0 Å². The van der Waals surface area contributed by atoms with E-state index >= 15 is 0 Å². The molecule has 3 N–H and O–H groups in total. The molecule has 100 valence electrons. The van der Waals surface area contributed by atoms with Crippen LogP contribution in [0.5, 0.6) is 0 Å². The summed E-state index contributed by atoms with van der Waals surface area (Å²) >= 11 is 0. The monoisotopic (exact) mass is 247 g/mol. The van der Waals surface area contributed by atoms with E-state index in [0.717, 1.165) is 12.8 Å². The second-order valence-electron chi connectivity index (χ2n) is 4.09. The Balaban J connectivity index is 2.56. The summed E-state index contributed by atoms with van der Waals surface area (Å²) < 4.78 is 10.2. The zero-order valence-corrected chi connectivity index (χ0v) is 10.2. The molecule has 0 aromatic carbocycles. The summed E-state index contributed by atoms with van der Waals surface area (Å²) in [5.74, 6) is 0. The summed E-state index contributed by atoms with van der Waals surface area (Å²) in [4.78, 5) is 4.11. The average Bonchev–Trinajstić information content (AvgIpc) is 2.34. The van der Waals surface area contributed by atoms with Crippen molar-refractivity contribution in [2.75, 3.05) is 13.7 Å². The third-order valence-corrected chi connectivity index (χ3v) is 2.73. The minimum Gasteiger partial charge on any atom is -0.387 e. The topological polar surface area (TPSA) is 91.5 Å². The van der Waals surface area contributed by atoms with Crippen molar-refractivity contribution in [3.05, 3.63) is 0 Å². The van der Waals surface area contributed by atoms with Gasteiger partial charge in [0.15, 0.2) is 6.29 Å². The Morgan fingerprint density at radius 3 is 2.53 bits per heavy atom. The highest BCUT2D eigenvalue weighted by atomic mass is 16.7. The third kappa shape index (κ3) is 3.72. The average molecular weight is 247 g/mol. The highest BCUT2D eigenvalue weighted by Crippen LogP contribution is 2.20. The lowest BCUT2D eigenvalue weighted by Gasteiger charge is -2.38. The molecule has 0 aromatic rings. The lowest BCUT2D eigenvalue weighted by molar-refractivity contribution is -0.274. The molecule has 0 amide bonds. The van der Waals surface area contributed by atoms with Crippen LogP contribution in [0.25, 0.3) is 0 Å². The fourth-order valence-electron chi connectivity index (χ4n) is 1.62. The van der Waals surface area contributed by atoms with Crippen LogP contribution in [0.4, 0.5) is 0 Å². The van der Waals surface area contributed by atoms with Crippen LogP contribution in [0.15, 0.2) is 4.99 Å². The van der Waals surface area contributed by atoms with Crippen LogP contribution in [0.1, 0.15) is 19.8 Å². The highest BCUT2D eigenvalue weighted by molar-refractivity contribution is 5.64. The van der Waals surface area contributed by atoms with Gasteiger partial charge in [0.2, 0.25) is 0 Å². The predicted octanol–water partition coefficient (Wildman–Crippen LogP) is -0.689. The van der Waals surface area contributed by atoms with Crippen molar-refractivity contribution in [2.45, 2.75) is 50.5 Å².